The highest BCUT2D eigenvalue weighted by molar-refractivity contribution is 5.75. The molecule has 2 atom stereocenters. The second kappa shape index (κ2) is 8.49. The molecule has 1 aliphatic heterocycles. The van der Waals surface area contributed by atoms with Gasteiger partial charge in [0.05, 0.1) is 0 Å². The summed E-state index contributed by atoms with van der Waals surface area (Å²) in [5.74, 6) is -0.589. The number of likely N-dealkylation sites (tertiary alicyclic amines) is 1. The third kappa shape index (κ3) is 6.97. The molecule has 3 N–H and O–H groups in total. The van der Waals surface area contributed by atoms with Crippen LogP contribution in [0.15, 0.2) is 0 Å². The number of amides is 3. The number of urea groups is 1. The van der Waals surface area contributed by atoms with Crippen LogP contribution in [0.5, 0.6) is 0 Å². The van der Waals surface area contributed by atoms with Gasteiger partial charge in [0.15, 0.2) is 0 Å². The Morgan fingerprint density at radius 2 is 2.05 bits per heavy atom. The number of nitrogens with zero attached hydrogens (tertiary/aromatic N) is 1. The average molecular weight is 299 g/mol. The molecule has 1 heterocycles. The molecule has 1 rings (SSSR count). The van der Waals surface area contributed by atoms with Crippen LogP contribution >= 0.6 is 0 Å². The molecule has 0 aromatic carbocycles. The van der Waals surface area contributed by atoms with Crippen molar-refractivity contribution in [2.45, 2.75) is 45.6 Å². The van der Waals surface area contributed by atoms with E-state index in [1.807, 2.05) is 6.92 Å². The molecule has 120 valence electrons. The van der Waals surface area contributed by atoms with Gasteiger partial charge in [-0.25, -0.2) is 4.79 Å². The molecule has 21 heavy (non-hydrogen) atoms. The summed E-state index contributed by atoms with van der Waals surface area (Å²) in [6, 6.07) is -0.0731. The standard InChI is InChI=1S/C14H25N3O4/c1-10(3-4-13(19)20)5-7-15-14(21)17-8-6-12(9-17)16-11(2)18/h10,12H,3-9H2,1-2H3,(H,15,21)(H,16,18)(H,19,20). The smallest absolute Gasteiger partial charge is 0.317 e. The number of nitrogens with one attached hydrogen (secondary N) is 2. The second-order valence-electron chi connectivity index (χ2n) is 5.69. The van der Waals surface area contributed by atoms with E-state index in [-0.39, 0.29) is 30.3 Å². The SMILES string of the molecule is CC(=O)NC1CCN(C(=O)NCCC(C)CCC(=O)O)C1. The van der Waals surface area contributed by atoms with Crippen LogP contribution in [0.2, 0.25) is 0 Å². The van der Waals surface area contributed by atoms with Crippen LogP contribution in [0.1, 0.15) is 39.5 Å². The van der Waals surface area contributed by atoms with Gasteiger partial charge in [0.25, 0.3) is 0 Å². The minimum atomic E-state index is -0.785. The van der Waals surface area contributed by atoms with E-state index >= 15 is 0 Å². The molecule has 0 saturated carbocycles. The van der Waals surface area contributed by atoms with E-state index in [1.165, 1.54) is 6.92 Å². The van der Waals surface area contributed by atoms with Crippen LogP contribution in [0.3, 0.4) is 0 Å². The Morgan fingerprint density at radius 3 is 2.67 bits per heavy atom. The average Bonchev–Trinajstić information content (AvgIpc) is 2.84. The van der Waals surface area contributed by atoms with Crippen molar-refractivity contribution < 1.29 is 19.5 Å². The van der Waals surface area contributed by atoms with Crippen LogP contribution in [-0.4, -0.2) is 53.6 Å². The van der Waals surface area contributed by atoms with Crippen LogP contribution in [0, 0.1) is 5.92 Å². The first-order valence-corrected chi connectivity index (χ1v) is 7.40. The molecule has 3 amide bonds. The predicted molar refractivity (Wildman–Crippen MR) is 77.8 cm³/mol. The van der Waals surface area contributed by atoms with E-state index in [1.54, 1.807) is 4.90 Å². The summed E-state index contributed by atoms with van der Waals surface area (Å²) in [5.41, 5.74) is 0. The van der Waals surface area contributed by atoms with Crippen molar-refractivity contribution >= 4 is 17.9 Å². The molecular formula is C14H25N3O4. The van der Waals surface area contributed by atoms with Crippen molar-refractivity contribution in [2.75, 3.05) is 19.6 Å². The molecule has 0 aromatic heterocycles. The highest BCUT2D eigenvalue weighted by Gasteiger charge is 2.26. The van der Waals surface area contributed by atoms with Gasteiger partial charge in [-0.15, -0.1) is 0 Å². The largest absolute Gasteiger partial charge is 0.481 e. The van der Waals surface area contributed by atoms with Crippen LogP contribution in [0.25, 0.3) is 0 Å². The van der Waals surface area contributed by atoms with Gasteiger partial charge in [-0.05, 0) is 25.2 Å². The van der Waals surface area contributed by atoms with Gasteiger partial charge in [0.1, 0.15) is 0 Å². The highest BCUT2D eigenvalue weighted by Crippen LogP contribution is 2.11. The lowest BCUT2D eigenvalue weighted by Crippen LogP contribution is -2.42. The van der Waals surface area contributed by atoms with E-state index in [2.05, 4.69) is 10.6 Å². The molecule has 0 radical (unpaired) electrons. The fraction of sp³-hybridized carbons (Fsp3) is 0.786. The number of carbonyl (C=O) groups is 3. The summed E-state index contributed by atoms with van der Waals surface area (Å²) in [6.45, 7) is 5.19. The summed E-state index contributed by atoms with van der Waals surface area (Å²) >= 11 is 0. The number of hydrogen-bond acceptors (Lipinski definition) is 3. The van der Waals surface area contributed by atoms with Crippen LogP contribution in [-0.2, 0) is 9.59 Å². The van der Waals surface area contributed by atoms with Crippen LogP contribution in [0.4, 0.5) is 4.79 Å². The number of hydrogen-bond donors (Lipinski definition) is 3. The first-order valence-electron chi connectivity index (χ1n) is 7.40. The van der Waals surface area contributed by atoms with Gasteiger partial charge in [-0.2, -0.15) is 0 Å². The summed E-state index contributed by atoms with van der Waals surface area (Å²) in [6.07, 6.45) is 2.34. The zero-order chi connectivity index (χ0) is 15.8. The number of carbonyl (C=O) groups excluding carboxylic acids is 2. The number of aliphatic carboxylic acids is 1. The van der Waals surface area contributed by atoms with Crippen molar-refractivity contribution in [3.05, 3.63) is 0 Å². The lowest BCUT2D eigenvalue weighted by Gasteiger charge is -2.18. The topological polar surface area (TPSA) is 98.7 Å². The fourth-order valence-corrected chi connectivity index (χ4v) is 2.40. The molecule has 2 unspecified atom stereocenters. The summed E-state index contributed by atoms with van der Waals surface area (Å²) in [5, 5.41) is 14.3. The maximum atomic E-state index is 11.9. The number of rotatable bonds is 7. The van der Waals surface area contributed by atoms with Crippen molar-refractivity contribution in [1.29, 1.82) is 0 Å². The Balaban J connectivity index is 2.17. The maximum Gasteiger partial charge on any atom is 0.317 e. The van der Waals surface area contributed by atoms with Gasteiger partial charge in [-0.1, -0.05) is 6.92 Å². The third-order valence-corrected chi connectivity index (χ3v) is 3.65. The first kappa shape index (κ1) is 17.3. The van der Waals surface area contributed by atoms with Gasteiger partial charge < -0.3 is 20.6 Å². The Hall–Kier alpha value is -1.79. The predicted octanol–water partition coefficient (Wildman–Crippen LogP) is 0.797. The fourth-order valence-electron chi connectivity index (χ4n) is 2.40. The quantitative estimate of drug-likeness (QED) is 0.647. The Labute approximate surface area is 125 Å². The summed E-state index contributed by atoms with van der Waals surface area (Å²) in [7, 11) is 0. The zero-order valence-corrected chi connectivity index (χ0v) is 12.7. The van der Waals surface area contributed by atoms with Crippen molar-refractivity contribution in [1.82, 2.24) is 15.5 Å². The minimum Gasteiger partial charge on any atom is -0.481 e. The lowest BCUT2D eigenvalue weighted by molar-refractivity contribution is -0.137. The van der Waals surface area contributed by atoms with Gasteiger partial charge in [0.2, 0.25) is 5.91 Å². The summed E-state index contributed by atoms with van der Waals surface area (Å²) < 4.78 is 0. The van der Waals surface area contributed by atoms with E-state index in [0.717, 1.165) is 12.8 Å². The third-order valence-electron chi connectivity index (χ3n) is 3.65. The number of carboxylic acids is 1. The molecule has 1 saturated heterocycles. The second-order valence-corrected chi connectivity index (χ2v) is 5.69. The molecule has 7 heteroatoms. The molecule has 7 nitrogen and oxygen atoms in total. The molecular weight excluding hydrogens is 274 g/mol. The highest BCUT2D eigenvalue weighted by atomic mass is 16.4. The maximum absolute atomic E-state index is 11.9. The number of carboxylic acid groups (broad SMARTS) is 1. The molecule has 1 fully saturated rings. The molecule has 0 bridgehead atoms. The van der Waals surface area contributed by atoms with E-state index < -0.39 is 5.97 Å². The van der Waals surface area contributed by atoms with E-state index in [0.29, 0.717) is 26.1 Å². The van der Waals surface area contributed by atoms with Crippen LogP contribution < -0.4 is 10.6 Å². The zero-order valence-electron chi connectivity index (χ0n) is 12.7. The summed E-state index contributed by atoms with van der Waals surface area (Å²) in [4.78, 5) is 35.1. The molecule has 0 spiro atoms. The monoisotopic (exact) mass is 299 g/mol. The lowest BCUT2D eigenvalue weighted by atomic mass is 10.0. The van der Waals surface area contributed by atoms with Crippen molar-refractivity contribution in [2.24, 2.45) is 5.92 Å². The molecule has 0 aromatic rings. The Kier molecular flexibility index (Phi) is 6.98. The Bertz CT molecular complexity index is 386. The normalized spacial score (nSPS) is 19.1. The molecule has 1 aliphatic rings. The molecule has 0 aliphatic carbocycles. The van der Waals surface area contributed by atoms with E-state index in [4.69, 9.17) is 5.11 Å². The van der Waals surface area contributed by atoms with Crippen molar-refractivity contribution in [3.63, 3.8) is 0 Å². The van der Waals surface area contributed by atoms with Crippen molar-refractivity contribution in [3.8, 4) is 0 Å². The van der Waals surface area contributed by atoms with Gasteiger partial charge in [0, 0.05) is 39.0 Å². The Morgan fingerprint density at radius 1 is 1.33 bits per heavy atom. The first-order chi connectivity index (χ1) is 9.88. The van der Waals surface area contributed by atoms with E-state index in [9.17, 15) is 14.4 Å². The van der Waals surface area contributed by atoms with Gasteiger partial charge in [-0.3, -0.25) is 9.59 Å². The van der Waals surface area contributed by atoms with Gasteiger partial charge >= 0.3 is 12.0 Å². The minimum absolute atomic E-state index is 0.0442.